The molecule has 9 nitrogen and oxygen atoms in total. The number of nitrogens with zero attached hydrogens (tertiary/aromatic N) is 3. The second-order valence-corrected chi connectivity index (χ2v) is 9.85. The number of morpholine rings is 1. The Balaban J connectivity index is 1.28. The SMILES string of the molecule is COc1ccccc1N1CCN(c2ccc(NC(=O)C3CC3)cc2C(=O)NCCN2CCOCC2)CC1. The summed E-state index contributed by atoms with van der Waals surface area (Å²) in [5, 5.41) is 6.10. The van der Waals surface area contributed by atoms with Gasteiger partial charge in [0.1, 0.15) is 5.75 Å². The Bertz CT molecular complexity index is 1090. The molecule has 0 spiro atoms. The van der Waals surface area contributed by atoms with Crippen molar-refractivity contribution in [2.75, 3.05) is 87.8 Å². The summed E-state index contributed by atoms with van der Waals surface area (Å²) in [7, 11) is 1.70. The largest absolute Gasteiger partial charge is 0.495 e. The van der Waals surface area contributed by atoms with E-state index in [1.807, 2.05) is 36.4 Å². The van der Waals surface area contributed by atoms with Gasteiger partial charge in [-0.05, 0) is 43.2 Å². The number of methoxy groups -OCH3 is 1. The molecular formula is C28H37N5O4. The average molecular weight is 508 g/mol. The first-order valence-electron chi connectivity index (χ1n) is 13.3. The van der Waals surface area contributed by atoms with E-state index in [4.69, 9.17) is 9.47 Å². The Labute approximate surface area is 218 Å². The standard InChI is InChI=1S/C28H37N5O4/c1-36-26-5-3-2-4-25(26)33-14-12-32(13-15-33)24-9-8-22(30-27(34)21-6-7-21)20-23(24)28(35)29-10-11-31-16-18-37-19-17-31/h2-5,8-9,20-21H,6-7,10-19H2,1H3,(H,29,35)(H,30,34). The number of anilines is 3. The van der Waals surface area contributed by atoms with Gasteiger partial charge in [0.25, 0.3) is 5.91 Å². The van der Waals surface area contributed by atoms with Crippen molar-refractivity contribution in [1.29, 1.82) is 0 Å². The van der Waals surface area contributed by atoms with Crippen LogP contribution in [0.3, 0.4) is 0 Å². The summed E-state index contributed by atoms with van der Waals surface area (Å²) in [6, 6.07) is 13.8. The molecule has 2 heterocycles. The van der Waals surface area contributed by atoms with E-state index in [1.165, 1.54) is 0 Å². The molecule has 1 saturated carbocycles. The van der Waals surface area contributed by atoms with Gasteiger partial charge in [-0.2, -0.15) is 0 Å². The molecule has 198 valence electrons. The van der Waals surface area contributed by atoms with E-state index < -0.39 is 0 Å². The van der Waals surface area contributed by atoms with Gasteiger partial charge in [0.15, 0.2) is 0 Å². The Morgan fingerprint density at radius 2 is 1.65 bits per heavy atom. The molecule has 0 radical (unpaired) electrons. The van der Waals surface area contributed by atoms with Gasteiger partial charge in [0.2, 0.25) is 5.91 Å². The third kappa shape index (κ3) is 6.34. The normalized spacial score (nSPS) is 18.4. The van der Waals surface area contributed by atoms with Crippen LogP contribution in [-0.4, -0.2) is 89.4 Å². The number of para-hydroxylation sites is 2. The van der Waals surface area contributed by atoms with E-state index in [0.29, 0.717) is 17.8 Å². The topological polar surface area (TPSA) is 86.4 Å². The molecule has 1 aliphatic carbocycles. The van der Waals surface area contributed by atoms with Gasteiger partial charge in [-0.3, -0.25) is 14.5 Å². The maximum absolute atomic E-state index is 13.4. The molecular weight excluding hydrogens is 470 g/mol. The number of piperazine rings is 1. The number of ether oxygens (including phenoxy) is 2. The molecule has 2 aliphatic heterocycles. The molecule has 3 aliphatic rings. The first-order valence-corrected chi connectivity index (χ1v) is 13.3. The lowest BCUT2D eigenvalue weighted by atomic mass is 10.1. The monoisotopic (exact) mass is 507 g/mol. The van der Waals surface area contributed by atoms with Crippen molar-refractivity contribution in [3.05, 3.63) is 48.0 Å². The van der Waals surface area contributed by atoms with Crippen LogP contribution in [0.2, 0.25) is 0 Å². The Kier molecular flexibility index (Phi) is 8.11. The summed E-state index contributed by atoms with van der Waals surface area (Å²) >= 11 is 0. The van der Waals surface area contributed by atoms with Crippen molar-refractivity contribution in [3.63, 3.8) is 0 Å². The number of carbonyl (C=O) groups excluding carboxylic acids is 2. The average Bonchev–Trinajstić information content (AvgIpc) is 3.80. The molecule has 2 aromatic carbocycles. The highest BCUT2D eigenvalue weighted by Gasteiger charge is 2.30. The number of hydrogen-bond acceptors (Lipinski definition) is 7. The highest BCUT2D eigenvalue weighted by atomic mass is 16.5. The minimum atomic E-state index is -0.113. The molecule has 0 aromatic heterocycles. The maximum atomic E-state index is 13.4. The molecule has 3 fully saturated rings. The van der Waals surface area contributed by atoms with Crippen LogP contribution in [0, 0.1) is 5.92 Å². The predicted molar refractivity (Wildman–Crippen MR) is 145 cm³/mol. The van der Waals surface area contributed by atoms with Crippen LogP contribution >= 0.6 is 0 Å². The van der Waals surface area contributed by atoms with Gasteiger partial charge in [-0.15, -0.1) is 0 Å². The van der Waals surface area contributed by atoms with E-state index in [0.717, 1.165) is 89.0 Å². The summed E-state index contributed by atoms with van der Waals surface area (Å²) < 4.78 is 11.0. The van der Waals surface area contributed by atoms with Crippen molar-refractivity contribution in [1.82, 2.24) is 10.2 Å². The van der Waals surface area contributed by atoms with Crippen molar-refractivity contribution < 1.29 is 19.1 Å². The van der Waals surface area contributed by atoms with Crippen LogP contribution < -0.4 is 25.2 Å². The third-order valence-electron chi connectivity index (χ3n) is 7.32. The lowest BCUT2D eigenvalue weighted by molar-refractivity contribution is -0.117. The van der Waals surface area contributed by atoms with Gasteiger partial charge >= 0.3 is 0 Å². The van der Waals surface area contributed by atoms with E-state index >= 15 is 0 Å². The van der Waals surface area contributed by atoms with Gasteiger partial charge < -0.3 is 29.9 Å². The number of nitrogens with one attached hydrogen (secondary N) is 2. The van der Waals surface area contributed by atoms with Crippen LogP contribution in [0.4, 0.5) is 17.1 Å². The third-order valence-corrected chi connectivity index (χ3v) is 7.32. The van der Waals surface area contributed by atoms with Crippen LogP contribution in [0.25, 0.3) is 0 Å². The summed E-state index contributed by atoms with van der Waals surface area (Å²) in [4.78, 5) is 32.6. The quantitative estimate of drug-likeness (QED) is 0.539. The fourth-order valence-corrected chi connectivity index (χ4v) is 4.99. The molecule has 37 heavy (non-hydrogen) atoms. The van der Waals surface area contributed by atoms with Crippen molar-refractivity contribution in [2.24, 2.45) is 5.92 Å². The van der Waals surface area contributed by atoms with Gasteiger partial charge in [0, 0.05) is 69.7 Å². The van der Waals surface area contributed by atoms with Crippen molar-refractivity contribution >= 4 is 28.9 Å². The Morgan fingerprint density at radius 3 is 2.35 bits per heavy atom. The molecule has 0 unspecified atom stereocenters. The van der Waals surface area contributed by atoms with Crippen LogP contribution in [0.1, 0.15) is 23.2 Å². The van der Waals surface area contributed by atoms with Gasteiger partial charge in [-0.25, -0.2) is 0 Å². The van der Waals surface area contributed by atoms with E-state index in [9.17, 15) is 9.59 Å². The summed E-state index contributed by atoms with van der Waals surface area (Å²) in [6.45, 7) is 7.81. The lowest BCUT2D eigenvalue weighted by Gasteiger charge is -2.38. The number of carbonyl (C=O) groups is 2. The van der Waals surface area contributed by atoms with Crippen molar-refractivity contribution in [2.45, 2.75) is 12.8 Å². The smallest absolute Gasteiger partial charge is 0.253 e. The molecule has 2 saturated heterocycles. The molecule has 5 rings (SSSR count). The van der Waals surface area contributed by atoms with Gasteiger partial charge in [-0.1, -0.05) is 12.1 Å². The predicted octanol–water partition coefficient (Wildman–Crippen LogP) is 2.43. The summed E-state index contributed by atoms with van der Waals surface area (Å²) in [6.07, 6.45) is 1.88. The van der Waals surface area contributed by atoms with Crippen LogP contribution in [-0.2, 0) is 9.53 Å². The number of benzene rings is 2. The molecule has 2 amide bonds. The van der Waals surface area contributed by atoms with Crippen molar-refractivity contribution in [3.8, 4) is 5.75 Å². The maximum Gasteiger partial charge on any atom is 0.253 e. The van der Waals surface area contributed by atoms with E-state index in [2.05, 4.69) is 31.4 Å². The lowest BCUT2D eigenvalue weighted by Crippen LogP contribution is -2.47. The highest BCUT2D eigenvalue weighted by Crippen LogP contribution is 2.33. The number of amides is 2. The van der Waals surface area contributed by atoms with E-state index in [1.54, 1.807) is 7.11 Å². The van der Waals surface area contributed by atoms with Crippen LogP contribution in [0.15, 0.2) is 42.5 Å². The minimum Gasteiger partial charge on any atom is -0.495 e. The second-order valence-electron chi connectivity index (χ2n) is 9.85. The molecule has 0 bridgehead atoms. The minimum absolute atomic E-state index is 0.0387. The zero-order valence-electron chi connectivity index (χ0n) is 21.6. The fraction of sp³-hybridized carbons (Fsp3) is 0.500. The zero-order valence-corrected chi connectivity index (χ0v) is 21.6. The first kappa shape index (κ1) is 25.4. The van der Waals surface area contributed by atoms with E-state index in [-0.39, 0.29) is 17.7 Å². The molecule has 2 N–H and O–H groups in total. The zero-order chi connectivity index (χ0) is 25.6. The number of rotatable bonds is 9. The fourth-order valence-electron chi connectivity index (χ4n) is 4.99. The summed E-state index contributed by atoms with van der Waals surface area (Å²) in [5.74, 6) is 0.898. The summed E-state index contributed by atoms with van der Waals surface area (Å²) in [5.41, 5.74) is 3.25. The molecule has 9 heteroatoms. The molecule has 0 atom stereocenters. The Morgan fingerprint density at radius 1 is 0.946 bits per heavy atom. The number of hydrogen-bond donors (Lipinski definition) is 2. The van der Waals surface area contributed by atoms with Crippen LogP contribution in [0.5, 0.6) is 5.75 Å². The first-order chi connectivity index (χ1) is 18.1. The second kappa shape index (κ2) is 11.8. The highest BCUT2D eigenvalue weighted by molar-refractivity contribution is 6.02. The molecule has 2 aromatic rings. The Hall–Kier alpha value is -3.30. The van der Waals surface area contributed by atoms with Gasteiger partial charge in [0.05, 0.1) is 31.6 Å².